The molecule has 0 N–H and O–H groups in total. The first-order valence-electron chi connectivity index (χ1n) is 11.6. The number of hydrogen-bond acceptors (Lipinski definition) is 5. The zero-order valence-electron chi connectivity index (χ0n) is 21.6. The molecule has 0 aromatic heterocycles. The summed E-state index contributed by atoms with van der Waals surface area (Å²) < 4.78 is 191. The predicted octanol–water partition coefficient (Wildman–Crippen LogP) is 7.62. The van der Waals surface area contributed by atoms with Gasteiger partial charge in [0, 0.05) is 16.7 Å². The van der Waals surface area contributed by atoms with Crippen LogP contribution >= 0.6 is 0 Å². The van der Waals surface area contributed by atoms with Crippen LogP contribution in [0.2, 0.25) is 0 Å². The van der Waals surface area contributed by atoms with E-state index in [1.165, 1.54) is 0 Å². The normalized spacial score (nSPS) is 15.1. The lowest BCUT2D eigenvalue weighted by Crippen LogP contribution is -2.06. The number of halogens is 13. The van der Waals surface area contributed by atoms with Crippen LogP contribution in [-0.2, 0) is 0 Å². The van der Waals surface area contributed by atoms with Crippen LogP contribution in [0.1, 0.15) is 33.4 Å². The highest BCUT2D eigenvalue weighted by molar-refractivity contribution is 6.10. The standard InChI is InChI=1S/C29F13N5/c30-17-8(3-45)18(31)25(38)13(24(17)37)6(1-43)11-12(7(2-44)14-26(39)19(32)9(4-46)20(33)27(14)40)15(11)23(36)16-28(41)21(34)10(5-47)22(35)29(16)42/b11-6-,12-7+,23-15?. The summed E-state index contributed by atoms with van der Waals surface area (Å²) in [4.78, 5) is 0. The molecular formula is C29F13N5. The number of hydrogen-bond donors (Lipinski definition) is 0. The third-order valence-corrected chi connectivity index (χ3v) is 6.48. The minimum Gasteiger partial charge on any atom is -0.205 e. The van der Waals surface area contributed by atoms with Crippen molar-refractivity contribution in [1.82, 2.24) is 0 Å². The van der Waals surface area contributed by atoms with Crippen molar-refractivity contribution in [3.05, 3.63) is 120 Å². The van der Waals surface area contributed by atoms with Crippen molar-refractivity contribution in [3.63, 3.8) is 0 Å². The Balaban J connectivity index is 2.33. The molecule has 18 heteroatoms. The van der Waals surface area contributed by atoms with E-state index >= 15 is 4.39 Å². The van der Waals surface area contributed by atoms with Gasteiger partial charge in [-0.15, -0.1) is 0 Å². The third-order valence-electron chi connectivity index (χ3n) is 6.48. The molecule has 5 nitrogen and oxygen atoms in total. The molecule has 0 heterocycles. The van der Waals surface area contributed by atoms with E-state index in [0.717, 1.165) is 24.3 Å². The van der Waals surface area contributed by atoms with E-state index in [2.05, 4.69) is 0 Å². The van der Waals surface area contributed by atoms with Crippen molar-refractivity contribution < 1.29 is 57.1 Å². The van der Waals surface area contributed by atoms with E-state index in [0.29, 0.717) is 6.07 Å². The highest BCUT2D eigenvalue weighted by Gasteiger charge is 2.46. The minimum atomic E-state index is -2.70. The summed E-state index contributed by atoms with van der Waals surface area (Å²) in [7, 11) is 0. The van der Waals surface area contributed by atoms with Crippen LogP contribution in [-0.4, -0.2) is 0 Å². The van der Waals surface area contributed by atoms with Gasteiger partial charge in [-0.25, -0.2) is 57.1 Å². The van der Waals surface area contributed by atoms with Crippen molar-refractivity contribution in [2.24, 2.45) is 0 Å². The maximum atomic E-state index is 15.9. The van der Waals surface area contributed by atoms with E-state index in [1.807, 2.05) is 0 Å². The van der Waals surface area contributed by atoms with Crippen molar-refractivity contribution in [2.75, 3.05) is 0 Å². The lowest BCUT2D eigenvalue weighted by molar-refractivity contribution is 0.442. The molecule has 3 aromatic rings. The Kier molecular flexibility index (Phi) is 8.32. The Bertz CT molecular complexity index is 2130. The topological polar surface area (TPSA) is 119 Å². The predicted molar refractivity (Wildman–Crippen MR) is 126 cm³/mol. The molecule has 0 radical (unpaired) electrons. The summed E-state index contributed by atoms with van der Waals surface area (Å²) >= 11 is 0. The Hall–Kier alpha value is -6.58. The van der Waals surface area contributed by atoms with Crippen LogP contribution in [0.15, 0.2) is 16.7 Å². The highest BCUT2D eigenvalue weighted by atomic mass is 19.2. The van der Waals surface area contributed by atoms with E-state index in [9.17, 15) is 63.2 Å². The van der Waals surface area contributed by atoms with Gasteiger partial charge in [-0.1, -0.05) is 0 Å². The lowest BCUT2D eigenvalue weighted by Gasteiger charge is -2.08. The summed E-state index contributed by atoms with van der Waals surface area (Å²) in [5.41, 5.74) is -21.2. The second kappa shape index (κ2) is 11.7. The molecule has 1 fully saturated rings. The molecule has 0 amide bonds. The molecule has 0 spiro atoms. The molecule has 1 aliphatic carbocycles. The first kappa shape index (κ1) is 33.3. The van der Waals surface area contributed by atoms with Crippen LogP contribution in [0, 0.1) is 126 Å². The summed E-state index contributed by atoms with van der Waals surface area (Å²) in [6.07, 6.45) is 0. The van der Waals surface area contributed by atoms with Crippen LogP contribution in [0.5, 0.6) is 0 Å². The number of nitriles is 5. The van der Waals surface area contributed by atoms with Gasteiger partial charge >= 0.3 is 0 Å². The van der Waals surface area contributed by atoms with Gasteiger partial charge in [0.05, 0.1) is 27.8 Å². The van der Waals surface area contributed by atoms with Gasteiger partial charge in [-0.05, 0) is 0 Å². The van der Waals surface area contributed by atoms with Gasteiger partial charge in [0.2, 0.25) is 0 Å². The smallest absolute Gasteiger partial charge is 0.180 e. The monoisotopic (exact) mass is 665 g/mol. The van der Waals surface area contributed by atoms with Gasteiger partial charge < -0.3 is 0 Å². The quantitative estimate of drug-likeness (QED) is 0.162. The summed E-state index contributed by atoms with van der Waals surface area (Å²) in [5, 5.41) is 45.7. The van der Waals surface area contributed by atoms with Crippen LogP contribution in [0.4, 0.5) is 57.1 Å². The number of allylic oxidation sites excluding steroid dienone is 5. The molecule has 0 atom stereocenters. The zero-order valence-corrected chi connectivity index (χ0v) is 21.6. The maximum absolute atomic E-state index is 15.9. The average Bonchev–Trinajstić information content (AvgIpc) is 3.77. The van der Waals surface area contributed by atoms with Gasteiger partial charge in [-0.2, -0.15) is 26.3 Å². The van der Waals surface area contributed by atoms with Gasteiger partial charge in [0.25, 0.3) is 0 Å². The zero-order chi connectivity index (χ0) is 35.4. The van der Waals surface area contributed by atoms with Gasteiger partial charge in [0.1, 0.15) is 52.9 Å². The van der Waals surface area contributed by atoms with Crippen LogP contribution in [0.25, 0.3) is 17.0 Å². The summed E-state index contributed by atoms with van der Waals surface area (Å²) in [6, 6.07) is 3.93. The van der Waals surface area contributed by atoms with Gasteiger partial charge in [-0.3, -0.25) is 0 Å². The van der Waals surface area contributed by atoms with Crippen molar-refractivity contribution >= 4 is 17.0 Å². The largest absolute Gasteiger partial charge is 0.205 e. The van der Waals surface area contributed by atoms with E-state index in [4.69, 9.17) is 15.8 Å². The SMILES string of the molecule is N#C/C(=C1\C(=C(F)c2c(F)c(F)c(C#N)c(F)c2F)\C1=C(\C#N)c1c(F)c(F)c(C#N)c(F)c1F)c1c(F)c(F)c(C#N)c(F)c1F. The molecule has 4 rings (SSSR count). The Labute approximate surface area is 251 Å². The Morgan fingerprint density at radius 3 is 0.787 bits per heavy atom. The second-order valence-electron chi connectivity index (χ2n) is 8.77. The second-order valence-corrected chi connectivity index (χ2v) is 8.77. The van der Waals surface area contributed by atoms with Gasteiger partial charge in [0.15, 0.2) is 69.8 Å². The van der Waals surface area contributed by atoms with E-state index < -0.39 is 137 Å². The molecular weight excluding hydrogens is 665 g/mol. The maximum Gasteiger partial charge on any atom is 0.180 e. The first-order valence-corrected chi connectivity index (χ1v) is 11.6. The number of rotatable bonds is 3. The highest BCUT2D eigenvalue weighted by Crippen LogP contribution is 2.57. The lowest BCUT2D eigenvalue weighted by atomic mass is 9.99. The Morgan fingerprint density at radius 2 is 0.574 bits per heavy atom. The van der Waals surface area contributed by atoms with Crippen LogP contribution in [0.3, 0.4) is 0 Å². The fourth-order valence-corrected chi connectivity index (χ4v) is 4.33. The van der Waals surface area contributed by atoms with Crippen molar-refractivity contribution in [2.45, 2.75) is 0 Å². The summed E-state index contributed by atoms with van der Waals surface area (Å²) in [5.74, 6) is -33.4. The molecule has 0 aliphatic heterocycles. The Morgan fingerprint density at radius 1 is 0.340 bits per heavy atom. The number of benzene rings is 3. The molecule has 47 heavy (non-hydrogen) atoms. The molecule has 0 unspecified atom stereocenters. The molecule has 1 aliphatic rings. The molecule has 0 saturated heterocycles. The average molecular weight is 665 g/mol. The minimum absolute atomic E-state index is 0.708. The van der Waals surface area contributed by atoms with Crippen molar-refractivity contribution in [1.29, 1.82) is 26.3 Å². The first-order chi connectivity index (χ1) is 22.1. The van der Waals surface area contributed by atoms with E-state index in [1.54, 1.807) is 0 Å². The fraction of sp³-hybridized carbons (Fsp3) is 0. The molecule has 3 aromatic carbocycles. The fourth-order valence-electron chi connectivity index (χ4n) is 4.33. The molecule has 0 bridgehead atoms. The van der Waals surface area contributed by atoms with E-state index in [-0.39, 0.29) is 0 Å². The van der Waals surface area contributed by atoms with Crippen LogP contribution < -0.4 is 0 Å². The summed E-state index contributed by atoms with van der Waals surface area (Å²) in [6.45, 7) is 0. The van der Waals surface area contributed by atoms with Crippen molar-refractivity contribution in [3.8, 4) is 30.3 Å². The third kappa shape index (κ3) is 4.61. The number of nitrogens with zero attached hydrogens (tertiary/aromatic N) is 5. The molecule has 232 valence electrons. The molecule has 1 saturated carbocycles.